The van der Waals surface area contributed by atoms with Gasteiger partial charge in [0.15, 0.2) is 0 Å². The van der Waals surface area contributed by atoms with Gasteiger partial charge in [-0.2, -0.15) is 0 Å². The molecule has 126 valence electrons. The van der Waals surface area contributed by atoms with Crippen molar-refractivity contribution >= 4 is 29.2 Å². The average molecular weight is 343 g/mol. The van der Waals surface area contributed by atoms with Crippen LogP contribution in [0.2, 0.25) is 5.02 Å². The van der Waals surface area contributed by atoms with Gasteiger partial charge < -0.3 is 10.1 Å². The molecule has 1 aromatic rings. The molecule has 7 heteroatoms. The summed E-state index contributed by atoms with van der Waals surface area (Å²) in [5.74, 6) is -1.32. The summed E-state index contributed by atoms with van der Waals surface area (Å²) in [5, 5.41) is 2.80. The van der Waals surface area contributed by atoms with Crippen LogP contribution in [-0.4, -0.2) is 43.0 Å². The summed E-state index contributed by atoms with van der Waals surface area (Å²) in [4.78, 5) is 25.7. The Morgan fingerprint density at radius 3 is 2.96 bits per heavy atom. The largest absolute Gasteiger partial charge is 0.466 e. The van der Waals surface area contributed by atoms with Crippen molar-refractivity contribution in [2.24, 2.45) is 5.92 Å². The quantitative estimate of drug-likeness (QED) is 0.836. The van der Waals surface area contributed by atoms with Gasteiger partial charge in [0.1, 0.15) is 5.82 Å². The standard InChI is InChI=1S/C16H20ClFN2O3/c1-2-23-16(22)11-4-3-7-20(9-11)10-15(21)19-14-6-5-12(17)8-13(14)18/h5-6,8,11H,2-4,7,9-10H2,1H3,(H,19,21)/t11-/m1/s1. The number of nitrogens with one attached hydrogen (secondary N) is 1. The summed E-state index contributed by atoms with van der Waals surface area (Å²) < 4.78 is 18.7. The monoisotopic (exact) mass is 342 g/mol. The van der Waals surface area contributed by atoms with Crippen molar-refractivity contribution in [1.82, 2.24) is 4.90 Å². The van der Waals surface area contributed by atoms with Gasteiger partial charge in [-0.3, -0.25) is 14.5 Å². The molecule has 0 unspecified atom stereocenters. The van der Waals surface area contributed by atoms with Gasteiger partial charge in [-0.05, 0) is 44.5 Å². The number of carbonyl (C=O) groups is 2. The number of nitrogens with zero attached hydrogens (tertiary/aromatic N) is 1. The third-order valence-electron chi connectivity index (χ3n) is 3.70. The van der Waals surface area contributed by atoms with Crippen molar-refractivity contribution in [3.63, 3.8) is 0 Å². The summed E-state index contributed by atoms with van der Waals surface area (Å²) in [6.07, 6.45) is 1.59. The molecular formula is C16H20ClFN2O3. The average Bonchev–Trinajstić information content (AvgIpc) is 2.50. The zero-order valence-electron chi connectivity index (χ0n) is 13.0. The van der Waals surface area contributed by atoms with Gasteiger partial charge in [-0.25, -0.2) is 4.39 Å². The highest BCUT2D eigenvalue weighted by Crippen LogP contribution is 2.20. The van der Waals surface area contributed by atoms with Crippen LogP contribution in [0.25, 0.3) is 0 Å². The molecule has 5 nitrogen and oxygen atoms in total. The van der Waals surface area contributed by atoms with E-state index in [-0.39, 0.29) is 35.0 Å². The number of carbonyl (C=O) groups excluding carboxylic acids is 2. The number of benzene rings is 1. The van der Waals surface area contributed by atoms with Gasteiger partial charge in [-0.1, -0.05) is 11.6 Å². The van der Waals surface area contributed by atoms with Crippen LogP contribution >= 0.6 is 11.6 Å². The van der Waals surface area contributed by atoms with Crippen molar-refractivity contribution in [2.45, 2.75) is 19.8 Å². The van der Waals surface area contributed by atoms with E-state index in [0.29, 0.717) is 13.2 Å². The van der Waals surface area contributed by atoms with Gasteiger partial charge in [0, 0.05) is 11.6 Å². The highest BCUT2D eigenvalue weighted by Gasteiger charge is 2.27. The number of anilines is 1. The first kappa shape index (κ1) is 17.7. The van der Waals surface area contributed by atoms with Crippen molar-refractivity contribution in [3.05, 3.63) is 29.0 Å². The second kappa shape index (κ2) is 8.26. The Bertz CT molecular complexity index is 582. The van der Waals surface area contributed by atoms with Crippen LogP contribution in [0.4, 0.5) is 10.1 Å². The zero-order chi connectivity index (χ0) is 16.8. The maximum absolute atomic E-state index is 13.7. The zero-order valence-corrected chi connectivity index (χ0v) is 13.7. The van der Waals surface area contributed by atoms with Gasteiger partial charge in [0.05, 0.1) is 24.8 Å². The lowest BCUT2D eigenvalue weighted by Crippen LogP contribution is -2.43. The molecule has 1 amide bonds. The van der Waals surface area contributed by atoms with Crippen molar-refractivity contribution in [1.29, 1.82) is 0 Å². The predicted octanol–water partition coefficient (Wildman–Crippen LogP) is 2.69. The Labute approximate surface area is 139 Å². The van der Waals surface area contributed by atoms with E-state index in [9.17, 15) is 14.0 Å². The molecule has 2 rings (SSSR count). The predicted molar refractivity (Wildman–Crippen MR) is 85.8 cm³/mol. The van der Waals surface area contributed by atoms with Gasteiger partial charge >= 0.3 is 5.97 Å². The smallest absolute Gasteiger partial charge is 0.310 e. The molecule has 1 heterocycles. The Morgan fingerprint density at radius 2 is 2.26 bits per heavy atom. The number of esters is 1. The summed E-state index contributed by atoms with van der Waals surface area (Å²) >= 11 is 5.68. The molecule has 1 N–H and O–H groups in total. The maximum atomic E-state index is 13.7. The number of ether oxygens (including phenoxy) is 1. The van der Waals surface area contributed by atoms with Crippen molar-refractivity contribution in [3.8, 4) is 0 Å². The molecular weight excluding hydrogens is 323 g/mol. The molecule has 0 saturated carbocycles. The maximum Gasteiger partial charge on any atom is 0.310 e. The van der Waals surface area contributed by atoms with Crippen LogP contribution in [0.1, 0.15) is 19.8 Å². The fraction of sp³-hybridized carbons (Fsp3) is 0.500. The summed E-state index contributed by atoms with van der Waals surface area (Å²) in [5.41, 5.74) is 0.0957. The van der Waals surface area contributed by atoms with E-state index in [0.717, 1.165) is 25.5 Å². The number of halogens is 2. The molecule has 1 saturated heterocycles. The lowest BCUT2D eigenvalue weighted by Gasteiger charge is -2.30. The number of hydrogen-bond donors (Lipinski definition) is 1. The lowest BCUT2D eigenvalue weighted by atomic mass is 9.98. The summed E-state index contributed by atoms with van der Waals surface area (Å²) in [6, 6.07) is 4.08. The number of likely N-dealkylation sites (tertiary alicyclic amines) is 1. The van der Waals surface area contributed by atoms with E-state index in [1.54, 1.807) is 6.92 Å². The van der Waals surface area contributed by atoms with Crippen molar-refractivity contribution in [2.75, 3.05) is 31.6 Å². The number of hydrogen-bond acceptors (Lipinski definition) is 4. The SMILES string of the molecule is CCOC(=O)[C@@H]1CCCN(CC(=O)Nc2ccc(Cl)cc2F)C1. The molecule has 1 atom stereocenters. The van der Waals surface area contributed by atoms with E-state index in [4.69, 9.17) is 16.3 Å². The van der Waals surface area contributed by atoms with Gasteiger partial charge in [0.25, 0.3) is 0 Å². The number of amides is 1. The molecule has 0 spiro atoms. The van der Waals surface area contributed by atoms with Gasteiger partial charge in [0.2, 0.25) is 5.91 Å². The minimum absolute atomic E-state index is 0.0957. The molecule has 1 aliphatic heterocycles. The lowest BCUT2D eigenvalue weighted by molar-refractivity contribution is -0.150. The summed E-state index contributed by atoms with van der Waals surface area (Å²) in [6.45, 7) is 3.44. The Hall–Kier alpha value is -1.66. The first-order valence-corrected chi connectivity index (χ1v) is 8.01. The second-order valence-corrected chi connectivity index (χ2v) is 5.94. The van der Waals surface area contributed by atoms with E-state index < -0.39 is 5.82 Å². The summed E-state index contributed by atoms with van der Waals surface area (Å²) in [7, 11) is 0. The highest BCUT2D eigenvalue weighted by molar-refractivity contribution is 6.30. The van der Waals surface area contributed by atoms with Crippen molar-refractivity contribution < 1.29 is 18.7 Å². The number of rotatable bonds is 5. The molecule has 1 aliphatic rings. The van der Waals surface area contributed by atoms with Crippen LogP contribution in [-0.2, 0) is 14.3 Å². The fourth-order valence-corrected chi connectivity index (χ4v) is 2.79. The molecule has 0 aromatic heterocycles. The van der Waals surface area contributed by atoms with Gasteiger partial charge in [-0.15, -0.1) is 0 Å². The van der Waals surface area contributed by atoms with Crippen LogP contribution < -0.4 is 5.32 Å². The van der Waals surface area contributed by atoms with E-state index in [2.05, 4.69) is 5.32 Å². The number of piperidine rings is 1. The first-order valence-electron chi connectivity index (χ1n) is 7.63. The third kappa shape index (κ3) is 5.18. The molecule has 0 aliphatic carbocycles. The second-order valence-electron chi connectivity index (χ2n) is 5.50. The molecule has 0 radical (unpaired) electrons. The Kier molecular flexibility index (Phi) is 6.36. The van der Waals surface area contributed by atoms with E-state index in [1.807, 2.05) is 4.90 Å². The minimum atomic E-state index is -0.575. The van der Waals surface area contributed by atoms with E-state index in [1.165, 1.54) is 12.1 Å². The Morgan fingerprint density at radius 1 is 1.48 bits per heavy atom. The van der Waals surface area contributed by atoms with Crippen LogP contribution in [0.15, 0.2) is 18.2 Å². The van der Waals surface area contributed by atoms with E-state index >= 15 is 0 Å². The third-order valence-corrected chi connectivity index (χ3v) is 3.93. The van der Waals surface area contributed by atoms with Crippen LogP contribution in [0.3, 0.4) is 0 Å². The first-order chi connectivity index (χ1) is 11.0. The molecule has 1 aromatic carbocycles. The highest BCUT2D eigenvalue weighted by atomic mass is 35.5. The molecule has 0 bridgehead atoms. The van der Waals surface area contributed by atoms with Crippen LogP contribution in [0.5, 0.6) is 0 Å². The Balaban J connectivity index is 1.88. The fourth-order valence-electron chi connectivity index (χ4n) is 2.64. The molecule has 1 fully saturated rings. The molecule has 23 heavy (non-hydrogen) atoms. The topological polar surface area (TPSA) is 58.6 Å². The normalized spacial score (nSPS) is 18.5. The minimum Gasteiger partial charge on any atom is -0.466 e. The van der Waals surface area contributed by atoms with Crippen LogP contribution in [0, 0.1) is 11.7 Å².